The van der Waals surface area contributed by atoms with Gasteiger partial charge in [0.2, 0.25) is 0 Å². The van der Waals surface area contributed by atoms with Crippen LogP contribution in [-0.2, 0) is 4.79 Å². The van der Waals surface area contributed by atoms with Crippen molar-refractivity contribution in [3.63, 3.8) is 0 Å². The molecule has 4 N–H and O–H groups in total. The van der Waals surface area contributed by atoms with E-state index in [0.717, 1.165) is 32.1 Å². The van der Waals surface area contributed by atoms with Gasteiger partial charge in [0, 0.05) is 13.0 Å². The van der Waals surface area contributed by atoms with Crippen molar-refractivity contribution in [2.45, 2.75) is 64.2 Å². The Morgan fingerprint density at radius 3 is 1.50 bits per heavy atom. The molecule has 0 aromatic rings. The highest BCUT2D eigenvalue weighted by atomic mass is 16.4. The topological polar surface area (TPSA) is 89.0 Å². The molecule has 16 heavy (non-hydrogen) atoms. The zero-order valence-electron chi connectivity index (χ0n) is 10.1. The lowest BCUT2D eigenvalue weighted by molar-refractivity contribution is -0.137. The molecule has 0 heterocycles. The molecule has 4 nitrogen and oxygen atoms in total. The Bertz CT molecular complexity index is 148. The summed E-state index contributed by atoms with van der Waals surface area (Å²) in [4.78, 5) is 10.2. The van der Waals surface area contributed by atoms with Crippen LogP contribution in [0.1, 0.15) is 64.2 Å². The van der Waals surface area contributed by atoms with Gasteiger partial charge in [-0.2, -0.15) is 0 Å². The zero-order valence-corrected chi connectivity index (χ0v) is 10.1. The molecule has 0 rings (SSSR count). The van der Waals surface area contributed by atoms with Gasteiger partial charge in [0.05, 0.1) is 0 Å². The second kappa shape index (κ2) is 14.4. The van der Waals surface area contributed by atoms with E-state index < -0.39 is 5.97 Å². The quantitative estimate of drug-likeness (QED) is 0.537. The van der Waals surface area contributed by atoms with E-state index in [2.05, 4.69) is 0 Å². The molecule has 0 aromatic heterocycles. The van der Waals surface area contributed by atoms with Gasteiger partial charge >= 0.3 is 5.97 Å². The van der Waals surface area contributed by atoms with E-state index in [9.17, 15) is 4.79 Å². The molecule has 0 aliphatic heterocycles. The first-order valence-electron chi connectivity index (χ1n) is 6.10. The van der Waals surface area contributed by atoms with Gasteiger partial charge in [-0.25, -0.2) is 0 Å². The first-order valence-corrected chi connectivity index (χ1v) is 6.10. The van der Waals surface area contributed by atoms with Crippen molar-refractivity contribution in [3.05, 3.63) is 0 Å². The van der Waals surface area contributed by atoms with Crippen LogP contribution in [0.5, 0.6) is 0 Å². The predicted molar refractivity (Wildman–Crippen MR) is 64.5 cm³/mol. The van der Waals surface area contributed by atoms with Crippen molar-refractivity contribution in [1.29, 1.82) is 0 Å². The first kappa shape index (κ1) is 17.8. The second-order valence-electron chi connectivity index (χ2n) is 4.05. The normalized spacial score (nSPS) is 9.81. The molecule has 0 atom stereocenters. The van der Waals surface area contributed by atoms with Crippen LogP contribution in [0.25, 0.3) is 0 Å². The smallest absolute Gasteiger partial charge is 0.303 e. The van der Waals surface area contributed by atoms with Crippen molar-refractivity contribution < 1.29 is 20.5 Å². The van der Waals surface area contributed by atoms with Crippen LogP contribution < -0.4 is 0 Å². The molecule has 0 spiro atoms. The maximum Gasteiger partial charge on any atom is 0.303 e. The summed E-state index contributed by atoms with van der Waals surface area (Å²) < 4.78 is 0. The first-order chi connectivity index (χ1) is 7.27. The van der Waals surface area contributed by atoms with Gasteiger partial charge in [-0.3, -0.25) is 4.79 Å². The lowest BCUT2D eigenvalue weighted by Crippen LogP contribution is -1.93. The van der Waals surface area contributed by atoms with Crippen LogP contribution in [0.4, 0.5) is 0 Å². The number of aliphatic hydroxyl groups excluding tert-OH is 1. The second-order valence-corrected chi connectivity index (χ2v) is 4.05. The maximum absolute atomic E-state index is 10.2. The highest BCUT2D eigenvalue weighted by molar-refractivity contribution is 5.66. The van der Waals surface area contributed by atoms with E-state index in [4.69, 9.17) is 10.2 Å². The van der Waals surface area contributed by atoms with Gasteiger partial charge in [0.25, 0.3) is 0 Å². The van der Waals surface area contributed by atoms with Crippen LogP contribution in [0.3, 0.4) is 0 Å². The highest BCUT2D eigenvalue weighted by Gasteiger charge is 1.96. The van der Waals surface area contributed by atoms with Crippen molar-refractivity contribution in [2.24, 2.45) is 0 Å². The molecule has 0 saturated carbocycles. The Morgan fingerprint density at radius 2 is 1.12 bits per heavy atom. The lowest BCUT2D eigenvalue weighted by atomic mass is 10.1. The minimum absolute atomic E-state index is 0. The Labute approximate surface area is 98.0 Å². The van der Waals surface area contributed by atoms with Crippen LogP contribution in [-0.4, -0.2) is 28.3 Å². The molecule has 0 radical (unpaired) electrons. The minimum atomic E-state index is -0.681. The Balaban J connectivity index is 0. The van der Waals surface area contributed by atoms with Gasteiger partial charge in [-0.1, -0.05) is 44.9 Å². The van der Waals surface area contributed by atoms with E-state index in [1.165, 1.54) is 25.7 Å². The number of hydrogen-bond donors (Lipinski definition) is 2. The SMILES string of the molecule is O.O=C(O)CCCCCCCCCCCO. The fourth-order valence-corrected chi connectivity index (χ4v) is 1.63. The molecule has 4 heteroatoms. The molecule has 0 aliphatic rings. The summed E-state index contributed by atoms with van der Waals surface area (Å²) in [5.74, 6) is -0.681. The number of carbonyl (C=O) groups is 1. The van der Waals surface area contributed by atoms with E-state index >= 15 is 0 Å². The number of carboxylic acids is 1. The molecule has 0 aliphatic carbocycles. The van der Waals surface area contributed by atoms with Crippen LogP contribution >= 0.6 is 0 Å². The van der Waals surface area contributed by atoms with Crippen molar-refractivity contribution in [2.75, 3.05) is 6.61 Å². The largest absolute Gasteiger partial charge is 0.481 e. The number of aliphatic hydroxyl groups is 1. The number of unbranched alkanes of at least 4 members (excludes halogenated alkanes) is 8. The van der Waals surface area contributed by atoms with Crippen LogP contribution in [0.2, 0.25) is 0 Å². The number of rotatable bonds is 11. The molecule has 0 unspecified atom stereocenters. The van der Waals surface area contributed by atoms with Gasteiger partial charge in [0.1, 0.15) is 0 Å². The van der Waals surface area contributed by atoms with E-state index in [1.54, 1.807) is 0 Å². The summed E-state index contributed by atoms with van der Waals surface area (Å²) in [7, 11) is 0. The van der Waals surface area contributed by atoms with Crippen LogP contribution in [0, 0.1) is 0 Å². The summed E-state index contributed by atoms with van der Waals surface area (Å²) in [6.07, 6.45) is 10.3. The molecule has 0 aromatic carbocycles. The average Bonchev–Trinajstić information content (AvgIpc) is 2.20. The van der Waals surface area contributed by atoms with Crippen LogP contribution in [0.15, 0.2) is 0 Å². The molecular weight excluding hydrogens is 208 g/mol. The summed E-state index contributed by atoms with van der Waals surface area (Å²) in [6.45, 7) is 0.315. The van der Waals surface area contributed by atoms with Gasteiger partial charge in [0.15, 0.2) is 0 Å². The van der Waals surface area contributed by atoms with Crippen molar-refractivity contribution in [3.8, 4) is 0 Å². The van der Waals surface area contributed by atoms with E-state index in [0.29, 0.717) is 13.0 Å². The summed E-state index contributed by atoms with van der Waals surface area (Å²) in [5, 5.41) is 17.0. The molecule has 0 saturated heterocycles. The Hall–Kier alpha value is -0.610. The standard InChI is InChI=1S/C12H24O3.H2O/c13-11-9-7-5-3-1-2-4-6-8-10-12(14)15;/h13H,1-11H2,(H,14,15);1H2. The average molecular weight is 234 g/mol. The maximum atomic E-state index is 10.2. The highest BCUT2D eigenvalue weighted by Crippen LogP contribution is 2.10. The molecule has 98 valence electrons. The third-order valence-electron chi connectivity index (χ3n) is 2.55. The molecule has 0 bridgehead atoms. The number of aliphatic carboxylic acids is 1. The van der Waals surface area contributed by atoms with Crippen molar-refractivity contribution >= 4 is 5.97 Å². The summed E-state index contributed by atoms with van der Waals surface area (Å²) in [6, 6.07) is 0. The van der Waals surface area contributed by atoms with Gasteiger partial charge in [-0.15, -0.1) is 0 Å². The number of carboxylic acid groups (broad SMARTS) is 1. The van der Waals surface area contributed by atoms with Gasteiger partial charge in [-0.05, 0) is 12.8 Å². The number of hydrogen-bond acceptors (Lipinski definition) is 2. The summed E-state index contributed by atoms with van der Waals surface area (Å²) >= 11 is 0. The molecule has 0 amide bonds. The van der Waals surface area contributed by atoms with Gasteiger partial charge < -0.3 is 15.7 Å². The fourth-order valence-electron chi connectivity index (χ4n) is 1.63. The Kier molecular flexibility index (Phi) is 16.0. The lowest BCUT2D eigenvalue weighted by Gasteiger charge is -2.00. The monoisotopic (exact) mass is 234 g/mol. The fraction of sp³-hybridized carbons (Fsp3) is 0.917. The zero-order chi connectivity index (χ0) is 11.4. The molecular formula is C12H26O4. The molecule has 0 fully saturated rings. The third-order valence-corrected chi connectivity index (χ3v) is 2.55. The predicted octanol–water partition coefficient (Wildman–Crippen LogP) is 2.14. The Morgan fingerprint density at radius 1 is 0.750 bits per heavy atom. The van der Waals surface area contributed by atoms with E-state index in [-0.39, 0.29) is 5.48 Å². The minimum Gasteiger partial charge on any atom is -0.481 e. The summed E-state index contributed by atoms with van der Waals surface area (Å²) in [5.41, 5.74) is 0. The van der Waals surface area contributed by atoms with Crippen molar-refractivity contribution in [1.82, 2.24) is 0 Å². The van der Waals surface area contributed by atoms with E-state index in [1.807, 2.05) is 0 Å². The third kappa shape index (κ3) is 15.8.